The maximum atomic E-state index is 12.7. The summed E-state index contributed by atoms with van der Waals surface area (Å²) in [5.41, 5.74) is 4.13. The number of hydrogen-bond donors (Lipinski definition) is 1. The number of benzene rings is 2. The third-order valence-electron chi connectivity index (χ3n) is 4.95. The van der Waals surface area contributed by atoms with Gasteiger partial charge in [0.1, 0.15) is 5.75 Å². The number of aromatic nitrogens is 5. The van der Waals surface area contributed by atoms with Gasteiger partial charge in [-0.1, -0.05) is 24.3 Å². The van der Waals surface area contributed by atoms with Crippen LogP contribution >= 0.6 is 0 Å². The number of anilines is 1. The van der Waals surface area contributed by atoms with Crippen LogP contribution in [0.4, 0.5) is 5.69 Å². The van der Waals surface area contributed by atoms with Gasteiger partial charge in [0.15, 0.2) is 11.5 Å². The van der Waals surface area contributed by atoms with E-state index in [4.69, 9.17) is 9.84 Å². The first-order valence-electron chi connectivity index (χ1n) is 9.90. The SMILES string of the molecule is COc1ccccc1C(=O)Nc1cccc(-c2ccc3nnc(-c4cccnc4)n3n2)c1. The number of nitrogens with zero attached hydrogens (tertiary/aromatic N) is 5. The van der Waals surface area contributed by atoms with Gasteiger partial charge in [-0.2, -0.15) is 9.61 Å². The maximum Gasteiger partial charge on any atom is 0.259 e. The van der Waals surface area contributed by atoms with E-state index in [-0.39, 0.29) is 5.91 Å². The molecule has 3 heterocycles. The lowest BCUT2D eigenvalue weighted by Crippen LogP contribution is -2.13. The van der Waals surface area contributed by atoms with Gasteiger partial charge in [0.05, 0.1) is 18.4 Å². The van der Waals surface area contributed by atoms with Gasteiger partial charge in [-0.05, 0) is 48.5 Å². The summed E-state index contributed by atoms with van der Waals surface area (Å²) in [5, 5.41) is 16.1. The Labute approximate surface area is 183 Å². The second kappa shape index (κ2) is 8.27. The standard InChI is InChI=1S/C24H18N6O2/c1-32-21-10-3-2-9-19(21)24(31)26-18-8-4-6-16(14-18)20-11-12-22-27-28-23(30(22)29-20)17-7-5-13-25-15-17/h2-15H,1H3,(H,26,31). The van der Waals surface area contributed by atoms with E-state index in [0.717, 1.165) is 16.8 Å². The second-order valence-electron chi connectivity index (χ2n) is 6.99. The molecule has 8 nitrogen and oxygen atoms in total. The molecule has 5 rings (SSSR count). The predicted octanol–water partition coefficient (Wildman–Crippen LogP) is 4.11. The highest BCUT2D eigenvalue weighted by Gasteiger charge is 2.13. The van der Waals surface area contributed by atoms with E-state index < -0.39 is 0 Å². The third-order valence-corrected chi connectivity index (χ3v) is 4.95. The summed E-state index contributed by atoms with van der Waals surface area (Å²) in [7, 11) is 1.54. The number of pyridine rings is 1. The fourth-order valence-corrected chi connectivity index (χ4v) is 3.40. The molecule has 32 heavy (non-hydrogen) atoms. The fourth-order valence-electron chi connectivity index (χ4n) is 3.40. The molecule has 0 unspecified atom stereocenters. The average Bonchev–Trinajstić information content (AvgIpc) is 3.28. The number of para-hydroxylation sites is 1. The quantitative estimate of drug-likeness (QED) is 0.458. The van der Waals surface area contributed by atoms with Gasteiger partial charge in [0, 0.05) is 29.2 Å². The van der Waals surface area contributed by atoms with Gasteiger partial charge in [0.25, 0.3) is 5.91 Å². The zero-order valence-electron chi connectivity index (χ0n) is 17.1. The Kier molecular flexibility index (Phi) is 5.01. The van der Waals surface area contributed by atoms with E-state index >= 15 is 0 Å². The molecule has 0 aliphatic heterocycles. The van der Waals surface area contributed by atoms with Gasteiger partial charge in [-0.25, -0.2) is 0 Å². The van der Waals surface area contributed by atoms with Crippen molar-refractivity contribution in [2.45, 2.75) is 0 Å². The molecule has 0 aliphatic rings. The summed E-state index contributed by atoms with van der Waals surface area (Å²) >= 11 is 0. The Morgan fingerprint density at radius 1 is 0.938 bits per heavy atom. The monoisotopic (exact) mass is 422 g/mol. The molecule has 0 aliphatic carbocycles. The summed E-state index contributed by atoms with van der Waals surface area (Å²) in [6, 6.07) is 22.1. The summed E-state index contributed by atoms with van der Waals surface area (Å²) in [4.78, 5) is 16.9. The van der Waals surface area contributed by atoms with Crippen molar-refractivity contribution in [3.63, 3.8) is 0 Å². The molecule has 1 N–H and O–H groups in total. The maximum absolute atomic E-state index is 12.7. The molecular formula is C24H18N6O2. The molecule has 0 saturated heterocycles. The number of carbonyl (C=O) groups excluding carboxylic acids is 1. The first kappa shape index (κ1) is 19.4. The van der Waals surface area contributed by atoms with Crippen LogP contribution in [0.1, 0.15) is 10.4 Å². The molecule has 0 fully saturated rings. The van der Waals surface area contributed by atoms with Crippen molar-refractivity contribution in [1.82, 2.24) is 24.8 Å². The molecule has 3 aromatic heterocycles. The number of nitrogens with one attached hydrogen (secondary N) is 1. The number of amides is 1. The summed E-state index contributed by atoms with van der Waals surface area (Å²) < 4.78 is 6.98. The largest absolute Gasteiger partial charge is 0.496 e. The van der Waals surface area contributed by atoms with E-state index in [1.807, 2.05) is 54.6 Å². The molecule has 156 valence electrons. The van der Waals surface area contributed by atoms with Crippen LogP contribution in [0.15, 0.2) is 85.2 Å². The molecule has 0 bridgehead atoms. The molecular weight excluding hydrogens is 404 g/mol. The molecule has 2 aromatic carbocycles. The summed E-state index contributed by atoms with van der Waals surface area (Å²) in [6.07, 6.45) is 3.43. The van der Waals surface area contributed by atoms with Crippen LogP contribution in [0.3, 0.4) is 0 Å². The Balaban J connectivity index is 1.47. The van der Waals surface area contributed by atoms with Crippen molar-refractivity contribution in [2.75, 3.05) is 12.4 Å². The van der Waals surface area contributed by atoms with Gasteiger partial charge >= 0.3 is 0 Å². The van der Waals surface area contributed by atoms with Crippen molar-refractivity contribution in [2.24, 2.45) is 0 Å². The minimum Gasteiger partial charge on any atom is -0.496 e. The normalized spacial score (nSPS) is 10.8. The smallest absolute Gasteiger partial charge is 0.259 e. The van der Waals surface area contributed by atoms with Gasteiger partial charge < -0.3 is 10.1 Å². The highest BCUT2D eigenvalue weighted by Crippen LogP contribution is 2.24. The van der Waals surface area contributed by atoms with Crippen LogP contribution in [0.25, 0.3) is 28.3 Å². The number of carbonyl (C=O) groups is 1. The Morgan fingerprint density at radius 3 is 2.66 bits per heavy atom. The van der Waals surface area contributed by atoms with Crippen LogP contribution in [-0.2, 0) is 0 Å². The number of fused-ring (bicyclic) bond motifs is 1. The lowest BCUT2D eigenvalue weighted by atomic mass is 10.1. The van der Waals surface area contributed by atoms with Crippen molar-refractivity contribution in [1.29, 1.82) is 0 Å². The fraction of sp³-hybridized carbons (Fsp3) is 0.0417. The molecule has 0 radical (unpaired) electrons. The molecule has 0 atom stereocenters. The molecule has 1 amide bonds. The summed E-state index contributed by atoms with van der Waals surface area (Å²) in [6.45, 7) is 0. The number of ether oxygens (including phenoxy) is 1. The lowest BCUT2D eigenvalue weighted by Gasteiger charge is -2.10. The highest BCUT2D eigenvalue weighted by atomic mass is 16.5. The first-order valence-corrected chi connectivity index (χ1v) is 9.90. The van der Waals surface area contributed by atoms with Crippen molar-refractivity contribution in [3.8, 4) is 28.4 Å². The zero-order valence-corrected chi connectivity index (χ0v) is 17.1. The second-order valence-corrected chi connectivity index (χ2v) is 6.99. The number of hydrogen-bond acceptors (Lipinski definition) is 6. The zero-order chi connectivity index (χ0) is 21.9. The van der Waals surface area contributed by atoms with E-state index in [9.17, 15) is 4.79 Å². The Bertz CT molecular complexity index is 1410. The minimum absolute atomic E-state index is 0.249. The highest BCUT2D eigenvalue weighted by molar-refractivity contribution is 6.06. The van der Waals surface area contributed by atoms with Crippen molar-refractivity contribution >= 4 is 17.2 Å². The van der Waals surface area contributed by atoms with E-state index in [1.54, 1.807) is 42.2 Å². The first-order chi connectivity index (χ1) is 15.7. The van der Waals surface area contributed by atoms with Crippen LogP contribution in [0, 0.1) is 0 Å². The third kappa shape index (κ3) is 3.65. The van der Waals surface area contributed by atoms with E-state index in [1.165, 1.54) is 0 Å². The van der Waals surface area contributed by atoms with E-state index in [2.05, 4.69) is 20.5 Å². The van der Waals surface area contributed by atoms with Crippen LogP contribution in [-0.4, -0.2) is 37.8 Å². The molecule has 8 heteroatoms. The van der Waals surface area contributed by atoms with E-state index in [0.29, 0.717) is 28.5 Å². The Hall–Kier alpha value is -4.59. The van der Waals surface area contributed by atoms with Gasteiger partial charge in [0.2, 0.25) is 0 Å². The predicted molar refractivity (Wildman–Crippen MR) is 120 cm³/mol. The van der Waals surface area contributed by atoms with Gasteiger partial charge in [-0.3, -0.25) is 9.78 Å². The number of methoxy groups -OCH3 is 1. The molecule has 5 aromatic rings. The topological polar surface area (TPSA) is 94.3 Å². The van der Waals surface area contributed by atoms with Crippen LogP contribution in [0.2, 0.25) is 0 Å². The lowest BCUT2D eigenvalue weighted by molar-refractivity contribution is 0.102. The minimum atomic E-state index is -0.249. The molecule has 0 spiro atoms. The summed E-state index contributed by atoms with van der Waals surface area (Å²) in [5.74, 6) is 0.875. The average molecular weight is 422 g/mol. The van der Waals surface area contributed by atoms with Crippen LogP contribution < -0.4 is 10.1 Å². The number of rotatable bonds is 5. The molecule has 0 saturated carbocycles. The Morgan fingerprint density at radius 2 is 1.81 bits per heavy atom. The van der Waals surface area contributed by atoms with Crippen LogP contribution in [0.5, 0.6) is 5.75 Å². The van der Waals surface area contributed by atoms with Crippen molar-refractivity contribution in [3.05, 3.63) is 90.8 Å². The van der Waals surface area contributed by atoms with Gasteiger partial charge in [-0.15, -0.1) is 10.2 Å². The van der Waals surface area contributed by atoms with Crippen molar-refractivity contribution < 1.29 is 9.53 Å².